The third-order valence-corrected chi connectivity index (χ3v) is 2.68. The van der Waals surface area contributed by atoms with Crippen LogP contribution >= 0.6 is 25.3 Å². The van der Waals surface area contributed by atoms with Crippen molar-refractivity contribution in [2.45, 2.75) is 25.7 Å². The van der Waals surface area contributed by atoms with E-state index in [-0.39, 0.29) is 24.0 Å². The number of aliphatic carboxylic acids is 2. The molecule has 0 aliphatic carbocycles. The van der Waals surface area contributed by atoms with Crippen LogP contribution in [0.2, 0.25) is 0 Å². The molecule has 92 valence electrons. The van der Waals surface area contributed by atoms with Crippen LogP contribution in [0, 0.1) is 0 Å². The van der Waals surface area contributed by atoms with Gasteiger partial charge in [-0.25, -0.2) is 9.59 Å². The quantitative estimate of drug-likeness (QED) is 0.399. The lowest BCUT2D eigenvalue weighted by Crippen LogP contribution is -2.12. The van der Waals surface area contributed by atoms with Gasteiger partial charge in [-0.05, 0) is 37.2 Å². The normalized spacial score (nSPS) is 12.1. The first-order valence-corrected chi connectivity index (χ1v) is 6.21. The van der Waals surface area contributed by atoms with Crippen molar-refractivity contribution in [3.8, 4) is 0 Å². The van der Waals surface area contributed by atoms with E-state index in [9.17, 15) is 9.59 Å². The van der Waals surface area contributed by atoms with Crippen LogP contribution in [0.1, 0.15) is 25.7 Å². The summed E-state index contributed by atoms with van der Waals surface area (Å²) < 4.78 is 0. The number of rotatable bonds is 8. The molecule has 0 aliphatic rings. The van der Waals surface area contributed by atoms with Gasteiger partial charge in [0.25, 0.3) is 0 Å². The molecule has 0 aliphatic heterocycles. The minimum Gasteiger partial charge on any atom is -0.478 e. The Labute approximate surface area is 106 Å². The zero-order valence-corrected chi connectivity index (χ0v) is 10.6. The van der Waals surface area contributed by atoms with Gasteiger partial charge in [0.15, 0.2) is 0 Å². The van der Waals surface area contributed by atoms with Gasteiger partial charge >= 0.3 is 11.9 Å². The van der Waals surface area contributed by atoms with Crippen molar-refractivity contribution in [2.24, 2.45) is 0 Å². The predicted molar refractivity (Wildman–Crippen MR) is 68.5 cm³/mol. The number of thiol groups is 2. The monoisotopic (exact) mass is 264 g/mol. The highest BCUT2D eigenvalue weighted by molar-refractivity contribution is 7.80. The van der Waals surface area contributed by atoms with Gasteiger partial charge in [-0.1, -0.05) is 0 Å². The highest BCUT2D eigenvalue weighted by atomic mass is 32.1. The zero-order chi connectivity index (χ0) is 12.6. The molecule has 0 atom stereocenters. The molecule has 4 nitrogen and oxygen atoms in total. The second-order valence-electron chi connectivity index (χ2n) is 3.22. The predicted octanol–water partition coefficient (Wildman–Crippen LogP) is 1.87. The van der Waals surface area contributed by atoms with Crippen molar-refractivity contribution in [1.82, 2.24) is 0 Å². The van der Waals surface area contributed by atoms with Crippen LogP contribution in [0.3, 0.4) is 0 Å². The molecule has 0 bridgehead atoms. The van der Waals surface area contributed by atoms with E-state index in [0.29, 0.717) is 24.3 Å². The third kappa shape index (κ3) is 5.46. The summed E-state index contributed by atoms with van der Waals surface area (Å²) in [6, 6.07) is 0. The van der Waals surface area contributed by atoms with Gasteiger partial charge in [0.1, 0.15) is 0 Å². The average Bonchev–Trinajstić information content (AvgIpc) is 2.21. The Kier molecular flexibility index (Phi) is 8.19. The Morgan fingerprint density at radius 1 is 0.812 bits per heavy atom. The fourth-order valence-electron chi connectivity index (χ4n) is 1.29. The maximum atomic E-state index is 10.9. The molecule has 2 N–H and O–H groups in total. The van der Waals surface area contributed by atoms with Crippen LogP contribution in [0.15, 0.2) is 11.1 Å². The van der Waals surface area contributed by atoms with Crippen LogP contribution in [0.5, 0.6) is 0 Å². The van der Waals surface area contributed by atoms with Gasteiger partial charge in [-0.2, -0.15) is 25.3 Å². The average molecular weight is 264 g/mol. The summed E-state index contributed by atoms with van der Waals surface area (Å²) in [4.78, 5) is 21.9. The number of hydrogen-bond acceptors (Lipinski definition) is 4. The van der Waals surface area contributed by atoms with E-state index in [1.165, 1.54) is 0 Å². The summed E-state index contributed by atoms with van der Waals surface area (Å²) in [5.41, 5.74) is -0.0216. The van der Waals surface area contributed by atoms with Gasteiger partial charge in [0, 0.05) is 11.1 Å². The van der Waals surface area contributed by atoms with Gasteiger partial charge in [0.2, 0.25) is 0 Å². The summed E-state index contributed by atoms with van der Waals surface area (Å²) in [6.45, 7) is 0. The van der Waals surface area contributed by atoms with Gasteiger partial charge < -0.3 is 10.2 Å². The SMILES string of the molecule is O=C(O)/C(CCCS)=C(\CCCS)C(=O)O. The molecule has 0 saturated heterocycles. The molecular formula is C10H16O4S2. The van der Waals surface area contributed by atoms with E-state index < -0.39 is 11.9 Å². The maximum absolute atomic E-state index is 10.9. The smallest absolute Gasteiger partial charge is 0.332 e. The zero-order valence-electron chi connectivity index (χ0n) is 8.85. The van der Waals surface area contributed by atoms with Crippen LogP contribution in [-0.4, -0.2) is 33.7 Å². The fraction of sp³-hybridized carbons (Fsp3) is 0.600. The lowest BCUT2D eigenvalue weighted by atomic mass is 10.00. The number of carboxylic acid groups (broad SMARTS) is 2. The molecule has 0 spiro atoms. The van der Waals surface area contributed by atoms with Crippen molar-refractivity contribution in [3.63, 3.8) is 0 Å². The first-order valence-electron chi connectivity index (χ1n) is 4.95. The Bertz CT molecular complexity index is 259. The molecule has 0 heterocycles. The van der Waals surface area contributed by atoms with Crippen LogP contribution in [0.4, 0.5) is 0 Å². The second kappa shape index (κ2) is 8.52. The summed E-state index contributed by atoms with van der Waals surface area (Å²) >= 11 is 7.96. The van der Waals surface area contributed by atoms with Crippen molar-refractivity contribution in [1.29, 1.82) is 0 Å². The lowest BCUT2D eigenvalue weighted by Gasteiger charge is -2.07. The molecule has 0 radical (unpaired) electrons. The fourth-order valence-corrected chi connectivity index (χ4v) is 1.60. The minimum absolute atomic E-state index is 0.0108. The topological polar surface area (TPSA) is 74.6 Å². The molecule has 0 fully saturated rings. The first kappa shape index (κ1) is 15.4. The summed E-state index contributed by atoms with van der Waals surface area (Å²) in [7, 11) is 0. The van der Waals surface area contributed by atoms with Crippen molar-refractivity contribution in [3.05, 3.63) is 11.1 Å². The molecule has 0 aromatic carbocycles. The molecule has 0 aromatic heterocycles. The molecule has 0 amide bonds. The van der Waals surface area contributed by atoms with E-state index in [4.69, 9.17) is 10.2 Å². The second-order valence-corrected chi connectivity index (χ2v) is 4.12. The molecule has 0 unspecified atom stereocenters. The van der Waals surface area contributed by atoms with E-state index >= 15 is 0 Å². The van der Waals surface area contributed by atoms with Crippen molar-refractivity contribution in [2.75, 3.05) is 11.5 Å². The summed E-state index contributed by atoms with van der Waals surface area (Å²) in [6.07, 6.45) is 1.60. The molecule has 0 rings (SSSR count). The Morgan fingerprint density at radius 3 is 1.31 bits per heavy atom. The standard InChI is InChI=1S/C10H16O4S2/c11-9(12)7(3-1-5-15)8(10(13)14)4-2-6-16/h15-16H,1-6H2,(H,11,12)(H,13,14)/b8-7+. The molecule has 0 saturated carbocycles. The van der Waals surface area contributed by atoms with Crippen LogP contribution < -0.4 is 0 Å². The van der Waals surface area contributed by atoms with Crippen LogP contribution in [-0.2, 0) is 9.59 Å². The summed E-state index contributed by atoms with van der Waals surface area (Å²) in [5, 5.41) is 17.9. The summed E-state index contributed by atoms with van der Waals surface area (Å²) in [5.74, 6) is -1.23. The highest BCUT2D eigenvalue weighted by Gasteiger charge is 2.18. The minimum atomic E-state index is -1.15. The Morgan fingerprint density at radius 2 is 1.12 bits per heavy atom. The Hall–Kier alpha value is -0.620. The van der Waals surface area contributed by atoms with Gasteiger partial charge in [-0.15, -0.1) is 0 Å². The Balaban J connectivity index is 4.94. The first-order chi connectivity index (χ1) is 7.54. The van der Waals surface area contributed by atoms with Crippen LogP contribution in [0.25, 0.3) is 0 Å². The van der Waals surface area contributed by atoms with Gasteiger partial charge in [-0.3, -0.25) is 0 Å². The largest absolute Gasteiger partial charge is 0.478 e. The molecule has 16 heavy (non-hydrogen) atoms. The van der Waals surface area contributed by atoms with Gasteiger partial charge in [0.05, 0.1) is 0 Å². The molecule has 0 aromatic rings. The van der Waals surface area contributed by atoms with E-state index in [0.717, 1.165) is 0 Å². The van der Waals surface area contributed by atoms with E-state index in [1.54, 1.807) is 0 Å². The third-order valence-electron chi connectivity index (χ3n) is 2.05. The number of hydrogen-bond donors (Lipinski definition) is 4. The molecular weight excluding hydrogens is 248 g/mol. The van der Waals surface area contributed by atoms with Crippen molar-refractivity contribution < 1.29 is 19.8 Å². The van der Waals surface area contributed by atoms with E-state index in [2.05, 4.69) is 25.3 Å². The molecule has 6 heteroatoms. The van der Waals surface area contributed by atoms with E-state index in [1.807, 2.05) is 0 Å². The number of carbonyl (C=O) groups is 2. The maximum Gasteiger partial charge on any atom is 0.332 e. The number of carboxylic acids is 2. The highest BCUT2D eigenvalue weighted by Crippen LogP contribution is 2.17. The lowest BCUT2D eigenvalue weighted by molar-refractivity contribution is -0.136. The van der Waals surface area contributed by atoms with Crippen molar-refractivity contribution >= 4 is 37.2 Å².